The molecule has 0 atom stereocenters. The molecule has 3 aromatic rings. The highest BCUT2D eigenvalue weighted by Gasteiger charge is 2.16. The molecule has 0 aliphatic rings. The van der Waals surface area contributed by atoms with Gasteiger partial charge < -0.3 is 10.6 Å². The molecule has 0 saturated carbocycles. The van der Waals surface area contributed by atoms with Crippen LogP contribution in [0.1, 0.15) is 38.1 Å². The number of pyridine rings is 1. The molecule has 2 aromatic heterocycles. The van der Waals surface area contributed by atoms with Gasteiger partial charge in [0.2, 0.25) is 0 Å². The predicted molar refractivity (Wildman–Crippen MR) is 118 cm³/mol. The Balaban J connectivity index is 1.81. The Labute approximate surface area is 172 Å². The third-order valence-corrected chi connectivity index (χ3v) is 5.02. The Morgan fingerprint density at radius 1 is 1.14 bits per heavy atom. The molecule has 0 aliphatic carbocycles. The lowest BCUT2D eigenvalue weighted by molar-refractivity contribution is 0.0941. The van der Waals surface area contributed by atoms with E-state index in [1.165, 1.54) is 0 Å². The summed E-state index contributed by atoms with van der Waals surface area (Å²) in [5.41, 5.74) is 1.39. The van der Waals surface area contributed by atoms with Gasteiger partial charge in [0.15, 0.2) is 0 Å². The molecular formula is C22H30N6O. The van der Waals surface area contributed by atoms with Gasteiger partial charge >= 0.3 is 0 Å². The second-order valence-electron chi connectivity index (χ2n) is 7.72. The summed E-state index contributed by atoms with van der Waals surface area (Å²) in [7, 11) is 1.85. The van der Waals surface area contributed by atoms with Gasteiger partial charge in [0, 0.05) is 43.7 Å². The number of nitrogens with one attached hydrogen (secondary N) is 2. The number of anilines is 2. The van der Waals surface area contributed by atoms with Gasteiger partial charge in [-0.15, -0.1) is 0 Å². The van der Waals surface area contributed by atoms with Crippen molar-refractivity contribution in [2.24, 2.45) is 7.05 Å². The van der Waals surface area contributed by atoms with Crippen molar-refractivity contribution in [2.75, 3.05) is 18.4 Å². The van der Waals surface area contributed by atoms with E-state index in [1.807, 2.05) is 37.4 Å². The number of carbonyl (C=O) groups is 1. The second-order valence-corrected chi connectivity index (χ2v) is 7.72. The highest BCUT2D eigenvalue weighted by molar-refractivity contribution is 6.07. The van der Waals surface area contributed by atoms with E-state index in [1.54, 1.807) is 16.9 Å². The minimum atomic E-state index is -0.0934. The van der Waals surface area contributed by atoms with E-state index in [4.69, 9.17) is 0 Å². The molecule has 0 radical (unpaired) electrons. The Morgan fingerprint density at radius 3 is 2.52 bits per heavy atom. The van der Waals surface area contributed by atoms with E-state index < -0.39 is 0 Å². The van der Waals surface area contributed by atoms with Crippen LogP contribution < -0.4 is 10.6 Å². The Morgan fingerprint density at radius 2 is 1.86 bits per heavy atom. The van der Waals surface area contributed by atoms with E-state index in [0.717, 1.165) is 23.3 Å². The molecule has 1 amide bonds. The second kappa shape index (κ2) is 9.05. The molecule has 154 valence electrons. The number of fused-ring (bicyclic) bond motifs is 1. The van der Waals surface area contributed by atoms with Crippen LogP contribution in [-0.2, 0) is 7.05 Å². The topological polar surface area (TPSA) is 75.1 Å². The van der Waals surface area contributed by atoms with Gasteiger partial charge in [-0.3, -0.25) is 14.4 Å². The fraction of sp³-hybridized carbons (Fsp3) is 0.409. The summed E-state index contributed by atoms with van der Waals surface area (Å²) in [4.78, 5) is 20.0. The first-order valence-corrected chi connectivity index (χ1v) is 10.1. The summed E-state index contributed by atoms with van der Waals surface area (Å²) in [6.45, 7) is 10.1. The molecule has 0 spiro atoms. The van der Waals surface area contributed by atoms with Crippen molar-refractivity contribution in [1.29, 1.82) is 0 Å². The van der Waals surface area contributed by atoms with Crippen LogP contribution in [0.3, 0.4) is 0 Å². The number of aromatic nitrogens is 3. The Hall–Kier alpha value is -2.93. The average molecular weight is 395 g/mol. The average Bonchev–Trinajstić information content (AvgIpc) is 3.08. The molecule has 29 heavy (non-hydrogen) atoms. The van der Waals surface area contributed by atoms with Crippen LogP contribution in [0.4, 0.5) is 11.6 Å². The number of benzene rings is 1. The Bertz CT molecular complexity index is 970. The van der Waals surface area contributed by atoms with Crippen molar-refractivity contribution in [3.8, 4) is 0 Å². The number of para-hydroxylation sites is 1. The molecule has 7 nitrogen and oxygen atoms in total. The summed E-state index contributed by atoms with van der Waals surface area (Å²) >= 11 is 0. The first kappa shape index (κ1) is 20.8. The van der Waals surface area contributed by atoms with Gasteiger partial charge in [0.1, 0.15) is 11.6 Å². The quantitative estimate of drug-likeness (QED) is 0.611. The summed E-state index contributed by atoms with van der Waals surface area (Å²) in [5.74, 6) is 1.33. The largest absolute Gasteiger partial charge is 0.351 e. The maximum atomic E-state index is 13.0. The fourth-order valence-corrected chi connectivity index (χ4v) is 3.56. The zero-order chi connectivity index (χ0) is 21.0. The van der Waals surface area contributed by atoms with Gasteiger partial charge in [0.05, 0.1) is 17.3 Å². The summed E-state index contributed by atoms with van der Waals surface area (Å²) in [5, 5.41) is 11.3. The molecule has 0 fully saturated rings. The van der Waals surface area contributed by atoms with E-state index >= 15 is 0 Å². The first-order valence-electron chi connectivity index (χ1n) is 10.1. The van der Waals surface area contributed by atoms with Crippen LogP contribution in [0, 0.1) is 0 Å². The fourth-order valence-electron chi connectivity index (χ4n) is 3.56. The van der Waals surface area contributed by atoms with Crippen molar-refractivity contribution in [3.63, 3.8) is 0 Å². The third kappa shape index (κ3) is 4.92. The van der Waals surface area contributed by atoms with Gasteiger partial charge in [-0.1, -0.05) is 18.2 Å². The molecule has 3 rings (SSSR count). The summed E-state index contributed by atoms with van der Waals surface area (Å²) < 4.78 is 1.73. The van der Waals surface area contributed by atoms with Crippen LogP contribution in [0.2, 0.25) is 0 Å². The van der Waals surface area contributed by atoms with Crippen LogP contribution in [0.25, 0.3) is 10.9 Å². The van der Waals surface area contributed by atoms with Crippen LogP contribution in [0.5, 0.6) is 0 Å². The third-order valence-electron chi connectivity index (χ3n) is 5.02. The standard InChI is InChI=1S/C22H30N6O/c1-15(2)28(16(3)4)13-12-23-22(29)18-14-20(26-21-10-11-24-27(21)5)25-19-9-7-6-8-17(18)19/h6-11,14-16H,12-13H2,1-5H3,(H,23,29)(H,25,26). The molecule has 1 aromatic carbocycles. The van der Waals surface area contributed by atoms with Gasteiger partial charge in [0.25, 0.3) is 5.91 Å². The molecule has 0 saturated heterocycles. The number of hydrogen-bond donors (Lipinski definition) is 2. The molecule has 0 bridgehead atoms. The van der Waals surface area contributed by atoms with Gasteiger partial charge in [-0.2, -0.15) is 5.10 Å². The molecule has 2 N–H and O–H groups in total. The van der Waals surface area contributed by atoms with Crippen molar-refractivity contribution in [2.45, 2.75) is 39.8 Å². The van der Waals surface area contributed by atoms with Crippen molar-refractivity contribution in [1.82, 2.24) is 25.0 Å². The summed E-state index contributed by atoms with van der Waals surface area (Å²) in [6, 6.07) is 12.2. The molecular weight excluding hydrogens is 364 g/mol. The minimum absolute atomic E-state index is 0.0934. The predicted octanol–water partition coefficient (Wildman–Crippen LogP) is 3.56. The zero-order valence-corrected chi connectivity index (χ0v) is 17.8. The van der Waals surface area contributed by atoms with Crippen LogP contribution in [0.15, 0.2) is 42.6 Å². The Kier molecular flexibility index (Phi) is 6.49. The van der Waals surface area contributed by atoms with Gasteiger partial charge in [-0.25, -0.2) is 4.98 Å². The highest BCUT2D eigenvalue weighted by Crippen LogP contribution is 2.23. The van der Waals surface area contributed by atoms with Crippen LogP contribution >= 0.6 is 0 Å². The molecule has 7 heteroatoms. The summed E-state index contributed by atoms with van der Waals surface area (Å²) in [6.07, 6.45) is 1.71. The normalized spacial score (nSPS) is 11.6. The molecule has 0 aliphatic heterocycles. The van der Waals surface area contributed by atoms with Crippen molar-refractivity contribution >= 4 is 28.4 Å². The maximum absolute atomic E-state index is 13.0. The molecule has 2 heterocycles. The lowest BCUT2D eigenvalue weighted by Crippen LogP contribution is -2.42. The maximum Gasteiger partial charge on any atom is 0.252 e. The lowest BCUT2D eigenvalue weighted by Gasteiger charge is -2.30. The molecule has 0 unspecified atom stereocenters. The first-order chi connectivity index (χ1) is 13.9. The van der Waals surface area contributed by atoms with E-state index in [2.05, 4.69) is 53.3 Å². The van der Waals surface area contributed by atoms with Crippen molar-refractivity contribution in [3.05, 3.63) is 48.2 Å². The number of carbonyl (C=O) groups excluding carboxylic acids is 1. The van der Waals surface area contributed by atoms with E-state index in [0.29, 0.717) is 30.0 Å². The van der Waals surface area contributed by atoms with Gasteiger partial charge in [-0.05, 0) is 39.8 Å². The van der Waals surface area contributed by atoms with Crippen LogP contribution in [-0.4, -0.2) is 50.7 Å². The van der Waals surface area contributed by atoms with E-state index in [-0.39, 0.29) is 5.91 Å². The monoisotopic (exact) mass is 394 g/mol. The highest BCUT2D eigenvalue weighted by atomic mass is 16.1. The number of rotatable bonds is 8. The number of amides is 1. The SMILES string of the molecule is CC(C)N(CCNC(=O)c1cc(Nc2ccnn2C)nc2ccccc12)C(C)C. The van der Waals surface area contributed by atoms with E-state index in [9.17, 15) is 4.79 Å². The van der Waals surface area contributed by atoms with Crippen molar-refractivity contribution < 1.29 is 4.79 Å². The zero-order valence-electron chi connectivity index (χ0n) is 17.8. The number of nitrogens with zero attached hydrogens (tertiary/aromatic N) is 4. The number of hydrogen-bond acceptors (Lipinski definition) is 5. The smallest absolute Gasteiger partial charge is 0.252 e. The minimum Gasteiger partial charge on any atom is -0.351 e. The lowest BCUT2D eigenvalue weighted by atomic mass is 10.1. The number of aryl methyl sites for hydroxylation is 1.